The van der Waals surface area contributed by atoms with E-state index in [1.165, 1.54) is 0 Å². The lowest BCUT2D eigenvalue weighted by atomic mass is 9.67. The minimum atomic E-state index is -1.05. The summed E-state index contributed by atoms with van der Waals surface area (Å²) in [5.41, 5.74) is 0.204. The van der Waals surface area contributed by atoms with Crippen molar-refractivity contribution in [2.75, 3.05) is 0 Å². The van der Waals surface area contributed by atoms with Crippen molar-refractivity contribution >= 4 is 0 Å². The van der Waals surface area contributed by atoms with Gasteiger partial charge in [0.05, 0.1) is 0 Å². The van der Waals surface area contributed by atoms with E-state index >= 15 is 0 Å². The zero-order chi connectivity index (χ0) is 14.4. The molecule has 1 aliphatic heterocycles. The molecule has 20 heavy (non-hydrogen) atoms. The van der Waals surface area contributed by atoms with Gasteiger partial charge in [-0.15, -0.1) is 0 Å². The highest BCUT2D eigenvalue weighted by molar-refractivity contribution is 5.45. The van der Waals surface area contributed by atoms with E-state index in [-0.39, 0.29) is 5.92 Å². The van der Waals surface area contributed by atoms with E-state index in [2.05, 4.69) is 6.92 Å². The number of hydrogen-bond donors (Lipinski definition) is 1. The van der Waals surface area contributed by atoms with Crippen LogP contribution < -0.4 is 4.74 Å². The first-order valence-corrected chi connectivity index (χ1v) is 7.02. The number of rotatable bonds is 1. The highest BCUT2D eigenvalue weighted by Crippen LogP contribution is 2.52. The van der Waals surface area contributed by atoms with Crippen LogP contribution >= 0.6 is 0 Å². The summed E-state index contributed by atoms with van der Waals surface area (Å²) in [4.78, 5) is 0. The van der Waals surface area contributed by atoms with Crippen LogP contribution in [0.2, 0.25) is 0 Å². The molecule has 104 valence electrons. The van der Waals surface area contributed by atoms with Gasteiger partial charge < -0.3 is 9.84 Å². The first-order chi connectivity index (χ1) is 9.47. The van der Waals surface area contributed by atoms with Crippen molar-refractivity contribution < 1.29 is 9.84 Å². The number of aliphatic hydroxyl groups is 1. The molecule has 2 aromatic rings. The van der Waals surface area contributed by atoms with Gasteiger partial charge in [-0.25, -0.2) is 0 Å². The Balaban J connectivity index is 2.21. The quantitative estimate of drug-likeness (QED) is 0.851. The molecule has 2 heteroatoms. The van der Waals surface area contributed by atoms with Crippen LogP contribution in [0.15, 0.2) is 54.6 Å². The molecule has 2 atom stereocenters. The Bertz CT molecular complexity index is 618. The molecule has 0 spiro atoms. The molecule has 0 amide bonds. The average Bonchev–Trinajstić information content (AvgIpc) is 2.45. The predicted octanol–water partition coefficient (Wildman–Crippen LogP) is 3.85. The summed E-state index contributed by atoms with van der Waals surface area (Å²) in [7, 11) is 0. The summed E-state index contributed by atoms with van der Waals surface area (Å²) in [6, 6.07) is 17.8. The second-order valence-corrected chi connectivity index (χ2v) is 6.00. The van der Waals surface area contributed by atoms with Gasteiger partial charge in [0.15, 0.2) is 0 Å². The maximum Gasteiger partial charge on any atom is 0.137 e. The summed E-state index contributed by atoms with van der Waals surface area (Å²) in [5.74, 6) is 0.829. The Kier molecular flexibility index (Phi) is 2.87. The lowest BCUT2D eigenvalue weighted by Gasteiger charge is -2.50. The third-order valence-corrected chi connectivity index (χ3v) is 4.51. The van der Waals surface area contributed by atoms with Crippen LogP contribution in [0, 0.1) is 0 Å². The second-order valence-electron chi connectivity index (χ2n) is 6.00. The standard InChI is InChI=1S/C18H20O2/c1-13-15-11-7-8-12-16(15)20-17(2,3)18(13,19)14-9-5-4-6-10-14/h4-13,19H,1-3H3. The molecular weight excluding hydrogens is 248 g/mol. The van der Waals surface area contributed by atoms with Crippen molar-refractivity contribution in [1.82, 2.24) is 0 Å². The fourth-order valence-corrected chi connectivity index (χ4v) is 3.32. The van der Waals surface area contributed by atoms with Gasteiger partial charge in [0.25, 0.3) is 0 Å². The summed E-state index contributed by atoms with van der Waals surface area (Å²) in [6.45, 7) is 5.97. The molecule has 2 unspecified atom stereocenters. The number of ether oxygens (including phenoxy) is 1. The molecule has 0 radical (unpaired) electrons. The van der Waals surface area contributed by atoms with Crippen LogP contribution in [-0.4, -0.2) is 10.7 Å². The monoisotopic (exact) mass is 268 g/mol. The molecule has 0 saturated carbocycles. The molecular formula is C18H20O2. The minimum Gasteiger partial charge on any atom is -0.484 e. The minimum absolute atomic E-state index is 0.0372. The van der Waals surface area contributed by atoms with E-state index in [1.54, 1.807) is 0 Å². The number of benzene rings is 2. The molecule has 1 heterocycles. The van der Waals surface area contributed by atoms with Gasteiger partial charge in [0.2, 0.25) is 0 Å². The third-order valence-electron chi connectivity index (χ3n) is 4.51. The largest absolute Gasteiger partial charge is 0.484 e. The zero-order valence-electron chi connectivity index (χ0n) is 12.1. The Morgan fingerprint density at radius 2 is 1.55 bits per heavy atom. The molecule has 0 fully saturated rings. The maximum atomic E-state index is 11.5. The van der Waals surface area contributed by atoms with Crippen molar-refractivity contribution in [3.8, 4) is 5.75 Å². The highest BCUT2D eigenvalue weighted by Gasteiger charge is 2.54. The molecule has 2 nitrogen and oxygen atoms in total. The molecule has 3 rings (SSSR count). The molecule has 1 N–H and O–H groups in total. The molecule has 0 bridgehead atoms. The Morgan fingerprint density at radius 1 is 0.950 bits per heavy atom. The fourth-order valence-electron chi connectivity index (χ4n) is 3.32. The first-order valence-electron chi connectivity index (χ1n) is 7.02. The van der Waals surface area contributed by atoms with E-state index in [1.807, 2.05) is 68.4 Å². The Morgan fingerprint density at radius 3 is 2.25 bits per heavy atom. The molecule has 0 saturated heterocycles. The SMILES string of the molecule is CC1c2ccccc2OC(C)(C)C1(O)c1ccccc1. The molecule has 1 aliphatic rings. The van der Waals surface area contributed by atoms with Crippen molar-refractivity contribution in [2.24, 2.45) is 0 Å². The van der Waals surface area contributed by atoms with E-state index in [9.17, 15) is 5.11 Å². The summed E-state index contributed by atoms with van der Waals surface area (Å²) >= 11 is 0. The van der Waals surface area contributed by atoms with Gasteiger partial charge in [-0.1, -0.05) is 55.5 Å². The van der Waals surface area contributed by atoms with Crippen LogP contribution in [0.3, 0.4) is 0 Å². The fraction of sp³-hybridized carbons (Fsp3) is 0.333. The summed E-state index contributed by atoms with van der Waals surface area (Å²) < 4.78 is 6.11. The molecule has 0 aliphatic carbocycles. The van der Waals surface area contributed by atoms with Gasteiger partial charge in [0.1, 0.15) is 17.0 Å². The predicted molar refractivity (Wildman–Crippen MR) is 79.9 cm³/mol. The lowest BCUT2D eigenvalue weighted by molar-refractivity contribution is -0.149. The Labute approximate surface area is 120 Å². The normalized spacial score (nSPS) is 27.5. The van der Waals surface area contributed by atoms with E-state index < -0.39 is 11.2 Å². The smallest absolute Gasteiger partial charge is 0.137 e. The topological polar surface area (TPSA) is 29.5 Å². The van der Waals surface area contributed by atoms with Gasteiger partial charge >= 0.3 is 0 Å². The van der Waals surface area contributed by atoms with Crippen LogP contribution in [0.4, 0.5) is 0 Å². The lowest BCUT2D eigenvalue weighted by Crippen LogP contribution is -2.57. The van der Waals surface area contributed by atoms with Crippen LogP contribution in [0.5, 0.6) is 5.75 Å². The van der Waals surface area contributed by atoms with Crippen molar-refractivity contribution in [1.29, 1.82) is 0 Å². The highest BCUT2D eigenvalue weighted by atomic mass is 16.5. The van der Waals surface area contributed by atoms with Crippen molar-refractivity contribution in [3.05, 3.63) is 65.7 Å². The van der Waals surface area contributed by atoms with E-state index in [4.69, 9.17) is 4.74 Å². The number of para-hydroxylation sites is 1. The summed E-state index contributed by atoms with van der Waals surface area (Å²) in [6.07, 6.45) is 0. The van der Waals surface area contributed by atoms with Gasteiger partial charge in [-0.3, -0.25) is 0 Å². The van der Waals surface area contributed by atoms with Crippen LogP contribution in [0.1, 0.15) is 37.8 Å². The van der Waals surface area contributed by atoms with E-state index in [0.29, 0.717) is 0 Å². The van der Waals surface area contributed by atoms with Crippen LogP contribution in [0.25, 0.3) is 0 Å². The second kappa shape index (κ2) is 4.35. The number of hydrogen-bond acceptors (Lipinski definition) is 2. The van der Waals surface area contributed by atoms with E-state index in [0.717, 1.165) is 16.9 Å². The van der Waals surface area contributed by atoms with Gasteiger partial charge in [-0.2, -0.15) is 0 Å². The maximum absolute atomic E-state index is 11.5. The zero-order valence-corrected chi connectivity index (χ0v) is 12.1. The Hall–Kier alpha value is -1.80. The third kappa shape index (κ3) is 1.68. The van der Waals surface area contributed by atoms with Gasteiger partial charge in [0, 0.05) is 11.5 Å². The van der Waals surface area contributed by atoms with Gasteiger partial charge in [-0.05, 0) is 25.5 Å². The van der Waals surface area contributed by atoms with Crippen molar-refractivity contribution in [2.45, 2.75) is 37.9 Å². The summed E-state index contributed by atoms with van der Waals surface area (Å²) in [5, 5.41) is 11.5. The average molecular weight is 268 g/mol. The first kappa shape index (κ1) is 13.2. The molecule has 0 aromatic heterocycles. The van der Waals surface area contributed by atoms with Crippen LogP contribution in [-0.2, 0) is 5.60 Å². The number of fused-ring (bicyclic) bond motifs is 1. The van der Waals surface area contributed by atoms with Crippen molar-refractivity contribution in [3.63, 3.8) is 0 Å². The molecule has 2 aromatic carbocycles.